The minimum absolute atomic E-state index is 0.392. The number of hydrogen-bond donors (Lipinski definition) is 0. The summed E-state index contributed by atoms with van der Waals surface area (Å²) in [5, 5.41) is 0. The molecule has 0 radical (unpaired) electrons. The van der Waals surface area contributed by atoms with Gasteiger partial charge in [0.2, 0.25) is 0 Å². The highest BCUT2D eigenvalue weighted by molar-refractivity contribution is 9.09. The maximum absolute atomic E-state index is 6.02. The van der Waals surface area contributed by atoms with E-state index in [1.807, 2.05) is 0 Å². The lowest BCUT2D eigenvalue weighted by atomic mass is 9.97. The molecular weight excluding hydrogens is 228 g/mol. The van der Waals surface area contributed by atoms with E-state index in [0.717, 1.165) is 0 Å². The molecule has 1 aliphatic rings. The summed E-state index contributed by atoms with van der Waals surface area (Å²) in [6.07, 6.45) is 6.03. The Balaban J connectivity index is 2.33. The molecule has 3 unspecified atom stereocenters. The van der Waals surface area contributed by atoms with Gasteiger partial charge >= 0.3 is 0 Å². The van der Waals surface area contributed by atoms with Crippen LogP contribution in [0.4, 0.5) is 0 Å². The van der Waals surface area contributed by atoms with Crippen molar-refractivity contribution in [3.63, 3.8) is 0 Å². The molecule has 1 fully saturated rings. The van der Waals surface area contributed by atoms with Crippen molar-refractivity contribution in [2.45, 2.75) is 63.5 Å². The second-order valence-electron chi connectivity index (χ2n) is 4.42. The first-order valence-electron chi connectivity index (χ1n) is 5.40. The van der Waals surface area contributed by atoms with E-state index in [2.05, 4.69) is 36.7 Å². The van der Waals surface area contributed by atoms with Gasteiger partial charge in [-0.2, -0.15) is 0 Å². The van der Waals surface area contributed by atoms with Gasteiger partial charge in [0.05, 0.1) is 12.2 Å². The SMILES string of the molecule is CC(C)C(C)OC1CCCCC1Br. The van der Waals surface area contributed by atoms with E-state index in [0.29, 0.717) is 23.0 Å². The summed E-state index contributed by atoms with van der Waals surface area (Å²) in [7, 11) is 0. The van der Waals surface area contributed by atoms with Gasteiger partial charge in [-0.25, -0.2) is 0 Å². The molecule has 3 atom stereocenters. The van der Waals surface area contributed by atoms with Crippen LogP contribution in [0, 0.1) is 5.92 Å². The summed E-state index contributed by atoms with van der Waals surface area (Å²) in [4.78, 5) is 0.586. The molecule has 13 heavy (non-hydrogen) atoms. The normalized spacial score (nSPS) is 32.1. The highest BCUT2D eigenvalue weighted by Gasteiger charge is 2.25. The Bertz CT molecular complexity index is 147. The van der Waals surface area contributed by atoms with Crippen molar-refractivity contribution >= 4 is 15.9 Å². The highest BCUT2D eigenvalue weighted by Crippen LogP contribution is 2.28. The van der Waals surface area contributed by atoms with Gasteiger partial charge in [0.25, 0.3) is 0 Å². The second-order valence-corrected chi connectivity index (χ2v) is 5.60. The molecule has 1 rings (SSSR count). The fraction of sp³-hybridized carbons (Fsp3) is 1.00. The van der Waals surface area contributed by atoms with Crippen LogP contribution in [0.3, 0.4) is 0 Å². The summed E-state index contributed by atoms with van der Waals surface area (Å²) in [6, 6.07) is 0. The first kappa shape index (κ1) is 11.5. The zero-order valence-electron chi connectivity index (χ0n) is 8.92. The number of ether oxygens (including phenoxy) is 1. The molecule has 0 aromatic rings. The first-order valence-corrected chi connectivity index (χ1v) is 6.32. The number of halogens is 1. The van der Waals surface area contributed by atoms with E-state index in [1.54, 1.807) is 0 Å². The van der Waals surface area contributed by atoms with Gasteiger partial charge in [0.1, 0.15) is 0 Å². The first-order chi connectivity index (χ1) is 6.11. The lowest BCUT2D eigenvalue weighted by Crippen LogP contribution is -2.32. The lowest BCUT2D eigenvalue weighted by molar-refractivity contribution is -0.0366. The fourth-order valence-corrected chi connectivity index (χ4v) is 2.35. The van der Waals surface area contributed by atoms with Gasteiger partial charge in [0, 0.05) is 4.83 Å². The average Bonchev–Trinajstić information content (AvgIpc) is 2.08. The Labute approximate surface area is 90.4 Å². The number of rotatable bonds is 3. The van der Waals surface area contributed by atoms with Crippen LogP contribution in [0.1, 0.15) is 46.5 Å². The molecule has 78 valence electrons. The standard InChI is InChI=1S/C11H21BrO/c1-8(2)9(3)13-11-7-5-4-6-10(11)12/h8-11H,4-7H2,1-3H3. The minimum Gasteiger partial charge on any atom is -0.374 e. The molecule has 0 bridgehead atoms. The van der Waals surface area contributed by atoms with Crippen LogP contribution in [0.5, 0.6) is 0 Å². The molecular formula is C11H21BrO. The van der Waals surface area contributed by atoms with E-state index in [9.17, 15) is 0 Å². The van der Waals surface area contributed by atoms with Crippen molar-refractivity contribution < 1.29 is 4.74 Å². The van der Waals surface area contributed by atoms with Crippen molar-refractivity contribution in [3.8, 4) is 0 Å². The summed E-state index contributed by atoms with van der Waals surface area (Å²) in [5.74, 6) is 0.627. The summed E-state index contributed by atoms with van der Waals surface area (Å²) in [5.41, 5.74) is 0. The van der Waals surface area contributed by atoms with Crippen LogP contribution in [0.15, 0.2) is 0 Å². The molecule has 0 aromatic carbocycles. The van der Waals surface area contributed by atoms with Crippen LogP contribution in [-0.4, -0.2) is 17.0 Å². The van der Waals surface area contributed by atoms with Crippen molar-refractivity contribution in [2.24, 2.45) is 5.92 Å². The maximum Gasteiger partial charge on any atom is 0.0703 e. The third-order valence-electron chi connectivity index (χ3n) is 2.95. The van der Waals surface area contributed by atoms with E-state index in [1.165, 1.54) is 25.7 Å². The topological polar surface area (TPSA) is 9.23 Å². The van der Waals surface area contributed by atoms with E-state index < -0.39 is 0 Å². The molecule has 1 aliphatic carbocycles. The second kappa shape index (κ2) is 5.35. The third kappa shape index (κ3) is 3.59. The molecule has 2 heteroatoms. The van der Waals surface area contributed by atoms with Crippen LogP contribution in [0.25, 0.3) is 0 Å². The van der Waals surface area contributed by atoms with Gasteiger partial charge in [-0.05, 0) is 25.7 Å². The molecule has 0 heterocycles. The Kier molecular flexibility index (Phi) is 4.74. The highest BCUT2D eigenvalue weighted by atomic mass is 79.9. The Hall–Kier alpha value is 0.440. The Morgan fingerprint density at radius 2 is 1.77 bits per heavy atom. The number of alkyl halides is 1. The van der Waals surface area contributed by atoms with E-state index in [4.69, 9.17) is 4.74 Å². The number of hydrogen-bond acceptors (Lipinski definition) is 1. The van der Waals surface area contributed by atoms with Gasteiger partial charge in [0.15, 0.2) is 0 Å². The Morgan fingerprint density at radius 3 is 2.31 bits per heavy atom. The van der Waals surface area contributed by atoms with Crippen molar-refractivity contribution in [2.75, 3.05) is 0 Å². The van der Waals surface area contributed by atoms with Gasteiger partial charge in [-0.15, -0.1) is 0 Å². The van der Waals surface area contributed by atoms with Crippen LogP contribution >= 0.6 is 15.9 Å². The van der Waals surface area contributed by atoms with E-state index in [-0.39, 0.29) is 0 Å². The zero-order valence-corrected chi connectivity index (χ0v) is 10.5. The zero-order chi connectivity index (χ0) is 9.84. The van der Waals surface area contributed by atoms with Gasteiger partial charge < -0.3 is 4.74 Å². The van der Waals surface area contributed by atoms with Crippen LogP contribution in [0.2, 0.25) is 0 Å². The molecule has 0 saturated heterocycles. The van der Waals surface area contributed by atoms with Crippen molar-refractivity contribution in [3.05, 3.63) is 0 Å². The lowest BCUT2D eigenvalue weighted by Gasteiger charge is -2.31. The molecule has 1 saturated carbocycles. The quantitative estimate of drug-likeness (QED) is 0.692. The largest absolute Gasteiger partial charge is 0.374 e. The summed E-state index contributed by atoms with van der Waals surface area (Å²) in [6.45, 7) is 6.62. The van der Waals surface area contributed by atoms with Gasteiger partial charge in [-0.1, -0.05) is 42.6 Å². The van der Waals surface area contributed by atoms with E-state index >= 15 is 0 Å². The maximum atomic E-state index is 6.02. The van der Waals surface area contributed by atoms with Crippen molar-refractivity contribution in [1.82, 2.24) is 0 Å². The van der Waals surface area contributed by atoms with Gasteiger partial charge in [-0.3, -0.25) is 0 Å². The third-order valence-corrected chi connectivity index (χ3v) is 4.00. The summed E-state index contributed by atoms with van der Waals surface area (Å²) < 4.78 is 6.02. The Morgan fingerprint density at radius 1 is 1.15 bits per heavy atom. The predicted molar refractivity (Wildman–Crippen MR) is 60.4 cm³/mol. The average molecular weight is 249 g/mol. The fourth-order valence-electron chi connectivity index (χ4n) is 1.64. The molecule has 0 N–H and O–H groups in total. The molecule has 1 nitrogen and oxygen atoms in total. The monoisotopic (exact) mass is 248 g/mol. The predicted octanol–water partition coefficient (Wildman–Crippen LogP) is 3.75. The smallest absolute Gasteiger partial charge is 0.0703 e. The molecule has 0 aliphatic heterocycles. The summed E-state index contributed by atoms with van der Waals surface area (Å²) >= 11 is 3.71. The van der Waals surface area contributed by atoms with Crippen LogP contribution < -0.4 is 0 Å². The van der Waals surface area contributed by atoms with Crippen molar-refractivity contribution in [1.29, 1.82) is 0 Å². The minimum atomic E-state index is 0.392. The molecule has 0 spiro atoms. The molecule has 0 aromatic heterocycles. The van der Waals surface area contributed by atoms with Crippen LogP contribution in [-0.2, 0) is 4.74 Å². The molecule has 0 amide bonds.